The molecule has 5 nitrogen and oxygen atoms in total. The third-order valence-corrected chi connectivity index (χ3v) is 3.40. The summed E-state index contributed by atoms with van der Waals surface area (Å²) in [6.45, 7) is 3.72. The predicted octanol–water partition coefficient (Wildman–Crippen LogP) is 4.74. The molecule has 2 aromatic carbocycles. The number of anilines is 2. The molecule has 0 saturated carbocycles. The molecule has 0 fully saturated rings. The van der Waals surface area contributed by atoms with Crippen LogP contribution in [0.25, 0.3) is 10.9 Å². The van der Waals surface area contributed by atoms with Crippen molar-refractivity contribution in [3.05, 3.63) is 54.5 Å². The van der Waals surface area contributed by atoms with Gasteiger partial charge in [-0.15, -0.1) is 0 Å². The van der Waals surface area contributed by atoms with Gasteiger partial charge in [-0.1, -0.05) is 12.1 Å². The molecule has 0 aliphatic heterocycles. The summed E-state index contributed by atoms with van der Waals surface area (Å²) in [5.41, 5.74) is 1.52. The molecule has 3 N–H and O–H groups in total. The highest BCUT2D eigenvalue weighted by atomic mass is 19.1. The minimum Gasteiger partial charge on any atom is -0.491 e. The highest BCUT2D eigenvalue weighted by Gasteiger charge is 2.10. The Labute approximate surface area is 138 Å². The molecule has 0 saturated heterocycles. The maximum absolute atomic E-state index is 14.1. The van der Waals surface area contributed by atoms with E-state index in [1.165, 1.54) is 12.1 Å². The molecular weight excluding hydrogens is 309 g/mol. The van der Waals surface area contributed by atoms with Crippen molar-refractivity contribution in [1.82, 2.24) is 4.98 Å². The van der Waals surface area contributed by atoms with Crippen LogP contribution in [0.3, 0.4) is 0 Å². The number of amides is 2. The summed E-state index contributed by atoms with van der Waals surface area (Å²) in [4.78, 5) is 15.2. The van der Waals surface area contributed by atoms with E-state index < -0.39 is 11.8 Å². The Morgan fingerprint density at radius 1 is 1.12 bits per heavy atom. The largest absolute Gasteiger partial charge is 0.491 e. The number of hydrogen-bond donors (Lipinski definition) is 3. The molecule has 3 rings (SSSR count). The van der Waals surface area contributed by atoms with Gasteiger partial charge in [0.2, 0.25) is 0 Å². The van der Waals surface area contributed by atoms with Gasteiger partial charge in [0, 0.05) is 17.6 Å². The lowest BCUT2D eigenvalue weighted by atomic mass is 10.2. The number of ether oxygens (including phenoxy) is 1. The van der Waals surface area contributed by atoms with Crippen molar-refractivity contribution in [3.63, 3.8) is 0 Å². The zero-order chi connectivity index (χ0) is 17.1. The van der Waals surface area contributed by atoms with Crippen LogP contribution in [0.5, 0.6) is 5.75 Å². The molecular formula is C18H18FN3O2. The van der Waals surface area contributed by atoms with E-state index in [9.17, 15) is 9.18 Å². The number of aromatic amines is 1. The molecule has 0 atom stereocenters. The Hall–Kier alpha value is -3.02. The monoisotopic (exact) mass is 327 g/mol. The minimum atomic E-state index is -0.554. The van der Waals surface area contributed by atoms with Gasteiger partial charge in [-0.25, -0.2) is 9.18 Å². The number of carbonyl (C=O) groups is 1. The molecule has 0 spiro atoms. The first-order chi connectivity index (χ1) is 11.5. The average molecular weight is 327 g/mol. The number of urea groups is 1. The van der Waals surface area contributed by atoms with Crippen LogP contribution < -0.4 is 15.4 Å². The second kappa shape index (κ2) is 6.62. The van der Waals surface area contributed by atoms with Crippen molar-refractivity contribution >= 4 is 28.3 Å². The first-order valence-corrected chi connectivity index (χ1v) is 7.63. The SMILES string of the molecule is CC(C)Oc1ccc(NC(=O)Nc2cccc3cc[nH]c23)c(F)c1. The summed E-state index contributed by atoms with van der Waals surface area (Å²) in [5.74, 6) is -0.133. The van der Waals surface area contributed by atoms with Gasteiger partial charge in [-0.2, -0.15) is 0 Å². The van der Waals surface area contributed by atoms with E-state index in [1.807, 2.05) is 32.0 Å². The fourth-order valence-electron chi connectivity index (χ4n) is 2.41. The Morgan fingerprint density at radius 2 is 1.92 bits per heavy atom. The number of halogens is 1. The summed E-state index contributed by atoms with van der Waals surface area (Å²) in [6, 6.07) is 11.3. The number of hydrogen-bond acceptors (Lipinski definition) is 2. The van der Waals surface area contributed by atoms with Crippen LogP contribution in [0, 0.1) is 5.82 Å². The zero-order valence-electron chi connectivity index (χ0n) is 13.4. The van der Waals surface area contributed by atoms with Crippen LogP contribution in [0.4, 0.5) is 20.6 Å². The second-order valence-electron chi connectivity index (χ2n) is 5.63. The highest BCUT2D eigenvalue weighted by Crippen LogP contribution is 2.24. The standard InChI is InChI=1S/C18H18FN3O2/c1-11(2)24-13-6-7-15(14(19)10-13)21-18(23)22-16-5-3-4-12-8-9-20-17(12)16/h3-11,20H,1-2H3,(H2,21,22,23). The third-order valence-electron chi connectivity index (χ3n) is 3.40. The number of benzene rings is 2. The fourth-order valence-corrected chi connectivity index (χ4v) is 2.41. The second-order valence-corrected chi connectivity index (χ2v) is 5.63. The van der Waals surface area contributed by atoms with Gasteiger partial charge in [-0.05, 0) is 38.1 Å². The van der Waals surface area contributed by atoms with Gasteiger partial charge < -0.3 is 20.4 Å². The summed E-state index contributed by atoms with van der Waals surface area (Å²) >= 11 is 0. The smallest absolute Gasteiger partial charge is 0.323 e. The highest BCUT2D eigenvalue weighted by molar-refractivity contribution is 6.05. The number of carbonyl (C=O) groups excluding carboxylic acids is 1. The lowest BCUT2D eigenvalue weighted by molar-refractivity contribution is 0.241. The molecule has 0 bridgehead atoms. The van der Waals surface area contributed by atoms with Crippen molar-refractivity contribution in [1.29, 1.82) is 0 Å². The Morgan fingerprint density at radius 3 is 2.67 bits per heavy atom. The quantitative estimate of drug-likeness (QED) is 0.648. The number of nitrogens with one attached hydrogen (secondary N) is 3. The van der Waals surface area contributed by atoms with E-state index in [0.717, 1.165) is 10.9 Å². The van der Waals surface area contributed by atoms with E-state index >= 15 is 0 Å². The van der Waals surface area contributed by atoms with E-state index in [-0.39, 0.29) is 11.8 Å². The average Bonchev–Trinajstić information content (AvgIpc) is 2.99. The fraction of sp³-hybridized carbons (Fsp3) is 0.167. The van der Waals surface area contributed by atoms with Crippen molar-refractivity contribution in [2.45, 2.75) is 20.0 Å². The third kappa shape index (κ3) is 3.48. The van der Waals surface area contributed by atoms with Crippen molar-refractivity contribution < 1.29 is 13.9 Å². The van der Waals surface area contributed by atoms with E-state index in [1.54, 1.807) is 18.3 Å². The Bertz CT molecular complexity index is 874. The maximum atomic E-state index is 14.1. The number of rotatable bonds is 4. The molecule has 0 aliphatic carbocycles. The summed E-state index contributed by atoms with van der Waals surface area (Å²) in [7, 11) is 0. The molecule has 0 unspecified atom stereocenters. The minimum absolute atomic E-state index is 0.0483. The van der Waals surface area contributed by atoms with Crippen molar-refractivity contribution in [2.75, 3.05) is 10.6 Å². The molecule has 0 radical (unpaired) electrons. The van der Waals surface area contributed by atoms with Gasteiger partial charge in [0.25, 0.3) is 0 Å². The van der Waals surface area contributed by atoms with Crippen molar-refractivity contribution in [3.8, 4) is 5.75 Å². The lowest BCUT2D eigenvalue weighted by Crippen LogP contribution is -2.20. The molecule has 6 heteroatoms. The van der Waals surface area contributed by atoms with Gasteiger partial charge in [0.05, 0.1) is 23.0 Å². The Balaban J connectivity index is 1.72. The van der Waals surface area contributed by atoms with Gasteiger partial charge in [-0.3, -0.25) is 0 Å². The summed E-state index contributed by atoms with van der Waals surface area (Å²) in [6.07, 6.45) is 1.74. The molecule has 24 heavy (non-hydrogen) atoms. The van der Waals surface area contributed by atoms with Gasteiger partial charge >= 0.3 is 6.03 Å². The van der Waals surface area contributed by atoms with E-state index in [2.05, 4.69) is 15.6 Å². The molecule has 2 amide bonds. The summed E-state index contributed by atoms with van der Waals surface area (Å²) in [5, 5.41) is 6.20. The van der Waals surface area contributed by atoms with Gasteiger partial charge in [0.1, 0.15) is 11.6 Å². The van der Waals surface area contributed by atoms with Crippen LogP contribution in [0.15, 0.2) is 48.7 Å². The van der Waals surface area contributed by atoms with Crippen LogP contribution in [-0.4, -0.2) is 17.1 Å². The molecule has 1 heterocycles. The molecule has 1 aromatic heterocycles. The van der Waals surface area contributed by atoms with E-state index in [4.69, 9.17) is 4.74 Å². The molecule has 124 valence electrons. The van der Waals surface area contributed by atoms with Gasteiger partial charge in [0.15, 0.2) is 0 Å². The van der Waals surface area contributed by atoms with Crippen LogP contribution in [-0.2, 0) is 0 Å². The van der Waals surface area contributed by atoms with Crippen molar-refractivity contribution in [2.24, 2.45) is 0 Å². The molecule has 3 aromatic rings. The number of H-pyrrole nitrogens is 1. The first kappa shape index (κ1) is 15.9. The zero-order valence-corrected chi connectivity index (χ0v) is 13.4. The number of fused-ring (bicyclic) bond motifs is 1. The number of para-hydroxylation sites is 1. The van der Waals surface area contributed by atoms with Crippen LogP contribution >= 0.6 is 0 Å². The Kier molecular flexibility index (Phi) is 4.37. The predicted molar refractivity (Wildman–Crippen MR) is 93.1 cm³/mol. The normalized spacial score (nSPS) is 10.8. The summed E-state index contributed by atoms with van der Waals surface area (Å²) < 4.78 is 19.5. The molecule has 0 aliphatic rings. The number of aromatic nitrogens is 1. The van der Waals surface area contributed by atoms with Crippen LogP contribution in [0.1, 0.15) is 13.8 Å². The maximum Gasteiger partial charge on any atom is 0.323 e. The lowest BCUT2D eigenvalue weighted by Gasteiger charge is -2.12. The van der Waals surface area contributed by atoms with E-state index in [0.29, 0.717) is 11.4 Å². The first-order valence-electron chi connectivity index (χ1n) is 7.63. The van der Waals surface area contributed by atoms with Crippen LogP contribution in [0.2, 0.25) is 0 Å². The topological polar surface area (TPSA) is 66.2 Å².